The molecule has 9 heteroatoms. The molecular weight excluding hydrogens is 407 g/mol. The van der Waals surface area contributed by atoms with Crippen molar-refractivity contribution in [2.45, 2.75) is 19.1 Å². The summed E-state index contributed by atoms with van der Waals surface area (Å²) in [5, 5.41) is 6.37. The molecule has 3 aromatic rings. The lowest BCUT2D eigenvalue weighted by Crippen LogP contribution is -2.25. The molecule has 4 rings (SSSR count). The number of hydrogen-bond acceptors (Lipinski definition) is 3. The van der Waals surface area contributed by atoms with Crippen LogP contribution in [0.25, 0.3) is 5.69 Å². The molecule has 0 unspecified atom stereocenters. The molecule has 0 radical (unpaired) electrons. The Morgan fingerprint density at radius 1 is 1.21 bits per heavy atom. The number of alkyl halides is 3. The second-order valence-electron chi connectivity index (χ2n) is 6.50. The van der Waals surface area contributed by atoms with Crippen molar-refractivity contribution < 1.29 is 22.7 Å². The summed E-state index contributed by atoms with van der Waals surface area (Å²) in [7, 11) is 0. The molecule has 0 atom stereocenters. The van der Waals surface area contributed by atoms with Crippen LogP contribution in [-0.2, 0) is 19.1 Å². The molecule has 0 bridgehead atoms. The van der Waals surface area contributed by atoms with Crippen molar-refractivity contribution in [1.82, 2.24) is 15.1 Å². The molecule has 1 amide bonds. The average molecular weight is 422 g/mol. The number of carbonyl (C=O) groups is 1. The first kappa shape index (κ1) is 19.3. The van der Waals surface area contributed by atoms with Gasteiger partial charge in [-0.05, 0) is 29.3 Å². The van der Waals surface area contributed by atoms with E-state index in [1.165, 1.54) is 12.1 Å². The summed E-state index contributed by atoms with van der Waals surface area (Å²) in [5.41, 5.74) is 0.614. The van der Waals surface area contributed by atoms with Crippen LogP contribution in [0.5, 0.6) is 5.75 Å². The number of nitrogens with one attached hydrogen (secondary N) is 1. The van der Waals surface area contributed by atoms with Crippen molar-refractivity contribution in [2.24, 2.45) is 0 Å². The van der Waals surface area contributed by atoms with E-state index in [0.717, 1.165) is 28.0 Å². The molecule has 1 aliphatic rings. The highest BCUT2D eigenvalue weighted by atomic mass is 35.5. The summed E-state index contributed by atoms with van der Waals surface area (Å²) < 4.78 is 46.0. The Labute approximate surface area is 169 Å². The summed E-state index contributed by atoms with van der Waals surface area (Å²) in [4.78, 5) is 12.7. The first-order valence-corrected chi connectivity index (χ1v) is 9.16. The molecule has 0 saturated carbocycles. The van der Waals surface area contributed by atoms with E-state index in [9.17, 15) is 18.0 Å². The van der Waals surface area contributed by atoms with Gasteiger partial charge < -0.3 is 10.1 Å². The van der Waals surface area contributed by atoms with Crippen LogP contribution in [0, 0.1) is 0 Å². The smallest absolute Gasteiger partial charge is 0.435 e. The van der Waals surface area contributed by atoms with Crippen molar-refractivity contribution in [3.8, 4) is 11.4 Å². The van der Waals surface area contributed by atoms with Gasteiger partial charge in [0, 0.05) is 19.0 Å². The Balaban J connectivity index is 1.62. The Bertz CT molecular complexity index is 1080. The maximum Gasteiger partial charge on any atom is 0.435 e. The van der Waals surface area contributed by atoms with Crippen molar-refractivity contribution in [1.29, 1.82) is 0 Å². The minimum atomic E-state index is -4.70. The zero-order valence-corrected chi connectivity index (χ0v) is 15.7. The number of hydrogen-bond donors (Lipinski definition) is 1. The van der Waals surface area contributed by atoms with E-state index < -0.39 is 17.8 Å². The molecule has 0 spiro atoms. The van der Waals surface area contributed by atoms with E-state index in [-0.39, 0.29) is 22.9 Å². The molecule has 1 aromatic heterocycles. The highest BCUT2D eigenvalue weighted by molar-refractivity contribution is 6.32. The summed E-state index contributed by atoms with van der Waals surface area (Å²) in [6, 6.07) is 12.5. The number of nitrogens with zero attached hydrogens (tertiary/aromatic N) is 2. The Morgan fingerprint density at radius 3 is 2.76 bits per heavy atom. The highest BCUT2D eigenvalue weighted by Crippen LogP contribution is 2.31. The average Bonchev–Trinajstić information content (AvgIpc) is 3.33. The third kappa shape index (κ3) is 3.93. The number of carbonyl (C=O) groups excluding carboxylic acids is 1. The lowest BCUT2D eigenvalue weighted by atomic mass is 10.1. The molecular formula is C20H15ClF3N3O2. The normalized spacial score (nSPS) is 13.1. The van der Waals surface area contributed by atoms with Crippen molar-refractivity contribution in [3.05, 3.63) is 76.1 Å². The van der Waals surface area contributed by atoms with Crippen molar-refractivity contribution in [2.75, 3.05) is 6.61 Å². The van der Waals surface area contributed by atoms with E-state index >= 15 is 0 Å². The van der Waals surface area contributed by atoms with E-state index in [4.69, 9.17) is 16.3 Å². The summed E-state index contributed by atoms with van der Waals surface area (Å²) in [5.74, 6) is 0.0616. The van der Waals surface area contributed by atoms with Crippen molar-refractivity contribution in [3.63, 3.8) is 0 Å². The van der Waals surface area contributed by atoms with Gasteiger partial charge in [0.1, 0.15) is 11.4 Å². The molecule has 2 aromatic carbocycles. The fraction of sp³-hybridized carbons (Fsp3) is 0.200. The van der Waals surface area contributed by atoms with Crippen LogP contribution in [0.15, 0.2) is 48.5 Å². The maximum atomic E-state index is 13.2. The standard InChI is InChI=1S/C20H15ClF3N3O2/c21-14-3-1-2-4-15(14)27-16(10-18(26-27)20(22,23)24)19(28)25-11-12-5-6-13-7-8-29-17(13)9-12/h1-6,9-10H,7-8,11H2,(H,25,28). The Morgan fingerprint density at radius 2 is 2.00 bits per heavy atom. The van der Waals surface area contributed by atoms with Gasteiger partial charge in [-0.2, -0.15) is 18.3 Å². The van der Waals surface area contributed by atoms with Gasteiger partial charge in [0.15, 0.2) is 5.69 Å². The van der Waals surface area contributed by atoms with Crippen LogP contribution in [0.1, 0.15) is 27.3 Å². The predicted octanol–water partition coefficient (Wildman–Crippen LogP) is 4.41. The van der Waals surface area contributed by atoms with Gasteiger partial charge in [0.05, 0.1) is 17.3 Å². The van der Waals surface area contributed by atoms with Crippen LogP contribution in [0.2, 0.25) is 5.02 Å². The van der Waals surface area contributed by atoms with Crippen LogP contribution >= 0.6 is 11.6 Å². The fourth-order valence-electron chi connectivity index (χ4n) is 3.08. The number of ether oxygens (including phenoxy) is 1. The summed E-state index contributed by atoms with van der Waals surface area (Å²) in [6.07, 6.45) is -3.86. The number of amides is 1. The largest absolute Gasteiger partial charge is 0.493 e. The van der Waals surface area contributed by atoms with Crippen molar-refractivity contribution >= 4 is 17.5 Å². The van der Waals surface area contributed by atoms with Gasteiger partial charge >= 0.3 is 6.18 Å². The van der Waals surface area contributed by atoms with Gasteiger partial charge in [-0.15, -0.1) is 0 Å². The number of fused-ring (bicyclic) bond motifs is 1. The third-order valence-electron chi connectivity index (χ3n) is 4.53. The lowest BCUT2D eigenvalue weighted by molar-refractivity contribution is -0.141. The SMILES string of the molecule is O=C(NCc1ccc2c(c1)OCC2)c1cc(C(F)(F)F)nn1-c1ccccc1Cl. The van der Waals surface area contributed by atoms with Crippen LogP contribution in [0.3, 0.4) is 0 Å². The number of halogens is 4. The molecule has 0 fully saturated rings. The molecule has 0 aliphatic carbocycles. The number of rotatable bonds is 4. The van der Waals surface area contributed by atoms with Gasteiger partial charge in [-0.1, -0.05) is 35.9 Å². The van der Waals surface area contributed by atoms with Crippen LogP contribution in [-0.4, -0.2) is 22.3 Å². The molecule has 5 nitrogen and oxygen atoms in total. The summed E-state index contributed by atoms with van der Waals surface area (Å²) >= 11 is 6.10. The first-order chi connectivity index (χ1) is 13.8. The molecule has 2 heterocycles. The molecule has 150 valence electrons. The van der Waals surface area contributed by atoms with Crippen LogP contribution < -0.4 is 10.1 Å². The summed E-state index contributed by atoms with van der Waals surface area (Å²) in [6.45, 7) is 0.743. The van der Waals surface area contributed by atoms with Gasteiger partial charge in [0.2, 0.25) is 0 Å². The fourth-order valence-corrected chi connectivity index (χ4v) is 3.30. The number of benzene rings is 2. The molecule has 29 heavy (non-hydrogen) atoms. The van der Waals surface area contributed by atoms with E-state index in [1.54, 1.807) is 12.1 Å². The lowest BCUT2D eigenvalue weighted by Gasteiger charge is -2.10. The maximum absolute atomic E-state index is 13.2. The second kappa shape index (κ2) is 7.44. The second-order valence-corrected chi connectivity index (χ2v) is 6.91. The minimum Gasteiger partial charge on any atom is -0.493 e. The molecule has 1 aliphatic heterocycles. The molecule has 0 saturated heterocycles. The highest BCUT2D eigenvalue weighted by Gasteiger charge is 2.36. The monoisotopic (exact) mass is 421 g/mol. The van der Waals surface area contributed by atoms with E-state index in [2.05, 4.69) is 10.4 Å². The quantitative estimate of drug-likeness (QED) is 0.679. The third-order valence-corrected chi connectivity index (χ3v) is 4.85. The van der Waals surface area contributed by atoms with Gasteiger partial charge in [0.25, 0.3) is 5.91 Å². The molecule has 1 N–H and O–H groups in total. The topological polar surface area (TPSA) is 56.1 Å². The van der Waals surface area contributed by atoms with Crippen LogP contribution in [0.4, 0.5) is 13.2 Å². The Hall–Kier alpha value is -3.00. The number of aromatic nitrogens is 2. The first-order valence-electron chi connectivity index (χ1n) is 8.78. The minimum absolute atomic E-state index is 0.129. The number of para-hydroxylation sites is 1. The zero-order valence-electron chi connectivity index (χ0n) is 15.0. The zero-order chi connectivity index (χ0) is 20.6. The van der Waals surface area contributed by atoms with E-state index in [0.29, 0.717) is 12.7 Å². The van der Waals surface area contributed by atoms with Gasteiger partial charge in [-0.25, -0.2) is 4.68 Å². The predicted molar refractivity (Wildman–Crippen MR) is 100 cm³/mol. The van der Waals surface area contributed by atoms with E-state index in [1.807, 2.05) is 18.2 Å². The van der Waals surface area contributed by atoms with Gasteiger partial charge in [-0.3, -0.25) is 4.79 Å². The Kier molecular flexibility index (Phi) is 4.96.